The maximum atomic E-state index is 12.7. The Labute approximate surface area is 424 Å². The van der Waals surface area contributed by atoms with Gasteiger partial charge in [0.2, 0.25) is 0 Å². The minimum atomic E-state index is -4.39. The molecule has 0 fully saturated rings. The van der Waals surface area contributed by atoms with Crippen molar-refractivity contribution in [2.24, 2.45) is 5.73 Å². The number of phosphoric acid groups is 1. The molecular formula is C59H104NO8P. The summed E-state index contributed by atoms with van der Waals surface area (Å²) in [5.41, 5.74) is 5.37. The molecule has 0 saturated carbocycles. The zero-order chi connectivity index (χ0) is 50.2. The lowest BCUT2D eigenvalue weighted by Crippen LogP contribution is -2.29. The highest BCUT2D eigenvalue weighted by atomic mass is 31.2. The molecule has 0 aliphatic rings. The number of carbonyl (C=O) groups is 2. The van der Waals surface area contributed by atoms with Gasteiger partial charge < -0.3 is 20.1 Å². The summed E-state index contributed by atoms with van der Waals surface area (Å²) in [5, 5.41) is 0. The lowest BCUT2D eigenvalue weighted by Gasteiger charge is -2.19. The summed E-state index contributed by atoms with van der Waals surface area (Å²) in [5.74, 6) is -0.842. The van der Waals surface area contributed by atoms with Crippen molar-refractivity contribution in [3.8, 4) is 0 Å². The van der Waals surface area contributed by atoms with Crippen LogP contribution in [0.15, 0.2) is 85.1 Å². The minimum absolute atomic E-state index is 0.0496. The standard InChI is InChI=1S/C59H104NO8P/c1-3-5-7-9-11-13-15-17-18-19-20-21-22-23-24-25-26-27-28-29-30-31-32-33-34-35-36-37-38-40-42-44-46-48-50-52-59(62)68-57(56-67-69(63,64)66-54-53-60)55-65-58(61)51-49-47-45-43-41-39-16-14-12-10-8-6-4-2/h5,7-8,10-11,13-14,16-18,20-21,23-24,57H,3-4,6,9,12,15,19,22,25-56,60H2,1-2H3,(H,63,64)/b7-5-,10-8-,13-11-,16-14-,18-17-,21-20-,24-23-. The average molecular weight is 986 g/mol. The number of hydrogen-bond acceptors (Lipinski definition) is 8. The normalized spacial score (nSPS) is 13.7. The third kappa shape index (κ3) is 54.4. The molecule has 0 rings (SSSR count). The van der Waals surface area contributed by atoms with Crippen molar-refractivity contribution < 1.29 is 37.6 Å². The zero-order valence-electron chi connectivity index (χ0n) is 44.3. The summed E-state index contributed by atoms with van der Waals surface area (Å²) in [6, 6.07) is 0. The van der Waals surface area contributed by atoms with Crippen LogP contribution in [-0.4, -0.2) is 49.3 Å². The number of allylic oxidation sites excluding steroid dienone is 14. The number of nitrogens with two attached hydrogens (primary N) is 1. The lowest BCUT2D eigenvalue weighted by molar-refractivity contribution is -0.161. The first-order valence-corrected chi connectivity index (χ1v) is 29.6. The van der Waals surface area contributed by atoms with Crippen LogP contribution in [0.5, 0.6) is 0 Å². The van der Waals surface area contributed by atoms with E-state index in [4.69, 9.17) is 24.3 Å². The molecule has 0 saturated heterocycles. The Morgan fingerprint density at radius 1 is 0.449 bits per heavy atom. The van der Waals surface area contributed by atoms with Crippen molar-refractivity contribution in [3.05, 3.63) is 85.1 Å². The van der Waals surface area contributed by atoms with Gasteiger partial charge >= 0.3 is 19.8 Å². The molecule has 2 atom stereocenters. The van der Waals surface area contributed by atoms with E-state index in [1.807, 2.05) is 0 Å². The second-order valence-corrected chi connectivity index (χ2v) is 19.9. The fraction of sp³-hybridized carbons (Fsp3) is 0.729. The van der Waals surface area contributed by atoms with Gasteiger partial charge in [-0.05, 0) is 83.5 Å². The third-order valence-electron chi connectivity index (χ3n) is 11.7. The fourth-order valence-electron chi connectivity index (χ4n) is 7.64. The molecular weight excluding hydrogens is 882 g/mol. The predicted molar refractivity (Wildman–Crippen MR) is 293 cm³/mol. The molecule has 0 aromatic heterocycles. The highest BCUT2D eigenvalue weighted by Gasteiger charge is 2.26. The number of rotatable bonds is 52. The predicted octanol–water partition coefficient (Wildman–Crippen LogP) is 17.5. The molecule has 0 amide bonds. The van der Waals surface area contributed by atoms with E-state index in [9.17, 15) is 19.0 Å². The van der Waals surface area contributed by atoms with Gasteiger partial charge in [0.1, 0.15) is 6.61 Å². The Morgan fingerprint density at radius 2 is 0.797 bits per heavy atom. The molecule has 3 N–H and O–H groups in total. The van der Waals surface area contributed by atoms with E-state index >= 15 is 0 Å². The molecule has 0 spiro atoms. The number of hydrogen-bond donors (Lipinski definition) is 2. The molecule has 0 radical (unpaired) electrons. The summed E-state index contributed by atoms with van der Waals surface area (Å²) in [4.78, 5) is 35.0. The molecule has 9 nitrogen and oxygen atoms in total. The van der Waals surface area contributed by atoms with Crippen LogP contribution < -0.4 is 5.73 Å². The molecule has 0 bridgehead atoms. The number of phosphoric ester groups is 1. The molecule has 0 aliphatic heterocycles. The van der Waals surface area contributed by atoms with Gasteiger partial charge in [-0.2, -0.15) is 0 Å². The lowest BCUT2D eigenvalue weighted by atomic mass is 10.0. The average Bonchev–Trinajstić information content (AvgIpc) is 3.34. The van der Waals surface area contributed by atoms with E-state index in [1.54, 1.807) is 0 Å². The van der Waals surface area contributed by atoms with Crippen molar-refractivity contribution >= 4 is 19.8 Å². The highest BCUT2D eigenvalue weighted by molar-refractivity contribution is 7.47. The first kappa shape index (κ1) is 66.2. The van der Waals surface area contributed by atoms with Crippen LogP contribution >= 0.6 is 7.82 Å². The highest BCUT2D eigenvalue weighted by Crippen LogP contribution is 2.43. The number of esters is 2. The number of ether oxygens (including phenoxy) is 2. The Balaban J connectivity index is 3.86. The Bertz CT molecular complexity index is 1400. The fourth-order valence-corrected chi connectivity index (χ4v) is 8.41. The van der Waals surface area contributed by atoms with E-state index in [2.05, 4.69) is 98.9 Å². The molecule has 0 aromatic carbocycles. The topological polar surface area (TPSA) is 134 Å². The van der Waals surface area contributed by atoms with Gasteiger partial charge in [-0.3, -0.25) is 18.6 Å². The Morgan fingerprint density at radius 3 is 1.19 bits per heavy atom. The molecule has 69 heavy (non-hydrogen) atoms. The van der Waals surface area contributed by atoms with Gasteiger partial charge in [0.15, 0.2) is 6.10 Å². The van der Waals surface area contributed by atoms with E-state index in [0.717, 1.165) is 96.3 Å². The van der Waals surface area contributed by atoms with Crippen molar-refractivity contribution in [3.63, 3.8) is 0 Å². The first-order valence-electron chi connectivity index (χ1n) is 28.1. The van der Waals surface area contributed by atoms with Crippen LogP contribution in [0.3, 0.4) is 0 Å². The summed E-state index contributed by atoms with van der Waals surface area (Å²) in [6.07, 6.45) is 70.8. The molecule has 0 heterocycles. The van der Waals surface area contributed by atoms with Crippen LogP contribution in [0, 0.1) is 0 Å². The molecule has 398 valence electrons. The Kier molecular flexibility index (Phi) is 52.3. The minimum Gasteiger partial charge on any atom is -0.462 e. The van der Waals surface area contributed by atoms with E-state index in [0.29, 0.717) is 12.8 Å². The van der Waals surface area contributed by atoms with Crippen molar-refractivity contribution in [2.45, 2.75) is 251 Å². The van der Waals surface area contributed by atoms with E-state index in [1.165, 1.54) is 109 Å². The quantitative estimate of drug-likeness (QED) is 0.0264. The van der Waals surface area contributed by atoms with Crippen molar-refractivity contribution in [1.82, 2.24) is 0 Å². The maximum absolute atomic E-state index is 12.7. The van der Waals surface area contributed by atoms with Gasteiger partial charge in [-0.1, -0.05) is 234 Å². The molecule has 0 aliphatic carbocycles. The second-order valence-electron chi connectivity index (χ2n) is 18.4. The molecule has 10 heteroatoms. The van der Waals surface area contributed by atoms with Crippen molar-refractivity contribution in [1.29, 1.82) is 0 Å². The van der Waals surface area contributed by atoms with Gasteiger partial charge in [-0.15, -0.1) is 0 Å². The first-order chi connectivity index (χ1) is 33.8. The molecule has 2 unspecified atom stereocenters. The van der Waals surface area contributed by atoms with Gasteiger partial charge in [0, 0.05) is 19.4 Å². The SMILES string of the molecule is CC/C=C\C/C=C\C/C=C\C/C=C\C/C=C\CCCCCCCCCCCCCCCCCCCCCC(=O)OC(COC(=O)CCCCCCC/C=C\C/C=C\CCC)COP(=O)(O)OCCN. The van der Waals surface area contributed by atoms with Crippen molar-refractivity contribution in [2.75, 3.05) is 26.4 Å². The van der Waals surface area contributed by atoms with Crippen LogP contribution in [0.4, 0.5) is 0 Å². The summed E-state index contributed by atoms with van der Waals surface area (Å²) >= 11 is 0. The van der Waals surface area contributed by atoms with Crippen LogP contribution in [0.2, 0.25) is 0 Å². The van der Waals surface area contributed by atoms with Crippen LogP contribution in [0.25, 0.3) is 0 Å². The van der Waals surface area contributed by atoms with Gasteiger partial charge in [0.25, 0.3) is 0 Å². The second kappa shape index (κ2) is 54.5. The molecule has 0 aromatic rings. The monoisotopic (exact) mass is 986 g/mol. The largest absolute Gasteiger partial charge is 0.472 e. The number of unbranched alkanes of at least 4 members (excludes halogenated alkanes) is 25. The van der Waals surface area contributed by atoms with Gasteiger partial charge in [0.05, 0.1) is 13.2 Å². The van der Waals surface area contributed by atoms with E-state index in [-0.39, 0.29) is 32.6 Å². The van der Waals surface area contributed by atoms with Crippen LogP contribution in [-0.2, 0) is 32.7 Å². The summed E-state index contributed by atoms with van der Waals surface area (Å²) in [6.45, 7) is 3.55. The third-order valence-corrected chi connectivity index (χ3v) is 12.7. The number of carbonyl (C=O) groups excluding carboxylic acids is 2. The van der Waals surface area contributed by atoms with E-state index < -0.39 is 32.5 Å². The zero-order valence-corrected chi connectivity index (χ0v) is 45.2. The maximum Gasteiger partial charge on any atom is 0.472 e. The summed E-state index contributed by atoms with van der Waals surface area (Å²) in [7, 11) is -4.39. The Hall–Kier alpha value is -2.81. The van der Waals surface area contributed by atoms with Crippen LogP contribution in [0.1, 0.15) is 245 Å². The smallest absolute Gasteiger partial charge is 0.462 e. The van der Waals surface area contributed by atoms with Gasteiger partial charge in [-0.25, -0.2) is 4.57 Å². The summed E-state index contributed by atoms with van der Waals surface area (Å²) < 4.78 is 32.9.